The minimum Gasteiger partial charge on any atom is -0.289 e. The van der Waals surface area contributed by atoms with Crippen LogP contribution in [0, 0.1) is 6.92 Å². The number of hydrogen-bond donors (Lipinski definition) is 2. The average molecular weight is 430 g/mol. The van der Waals surface area contributed by atoms with E-state index in [-0.39, 0.29) is 13.0 Å². The van der Waals surface area contributed by atoms with Crippen LogP contribution in [0.3, 0.4) is 0 Å². The van der Waals surface area contributed by atoms with E-state index in [1.807, 2.05) is 31.2 Å². The maximum atomic E-state index is 12.8. The van der Waals surface area contributed by atoms with E-state index < -0.39 is 26.1 Å². The van der Waals surface area contributed by atoms with Crippen LogP contribution >= 0.6 is 0 Å². The molecule has 0 aliphatic carbocycles. The van der Waals surface area contributed by atoms with Crippen molar-refractivity contribution in [3.63, 3.8) is 0 Å². The smallest absolute Gasteiger partial charge is 0.277 e. The second kappa shape index (κ2) is 7.96. The molecule has 0 aliphatic rings. The van der Waals surface area contributed by atoms with E-state index in [1.54, 1.807) is 18.2 Å². The fourth-order valence-electron chi connectivity index (χ4n) is 3.05. The van der Waals surface area contributed by atoms with Crippen LogP contribution in [0.4, 0.5) is 0 Å². The molecule has 2 N–H and O–H groups in total. The largest absolute Gasteiger partial charge is 0.289 e. The van der Waals surface area contributed by atoms with Gasteiger partial charge in [0.2, 0.25) is 0 Å². The number of aromatic nitrogens is 3. The molecular formula is C20H22N4O5S. The normalized spacial score (nSPS) is 13.7. The first kappa shape index (κ1) is 21.6. The maximum absolute atomic E-state index is 12.8. The van der Waals surface area contributed by atoms with Gasteiger partial charge in [-0.3, -0.25) is 14.8 Å². The third-order valence-corrected chi connectivity index (χ3v) is 7.34. The summed E-state index contributed by atoms with van der Waals surface area (Å²) in [5, 5.41) is 17.2. The monoisotopic (exact) mass is 430 g/mol. The Hall–Kier alpha value is -3.11. The molecule has 30 heavy (non-hydrogen) atoms. The number of hydroxylamine groups is 1. The number of carbonyl (C=O) groups is 1. The Kier molecular flexibility index (Phi) is 5.73. The molecule has 1 atom stereocenters. The standard InChI is InChI=1S/C20H22N4O5S/c1-13-4-6-14(7-5-13)15-8-9-16-17(12-15)21-23-24(18(16)25)11-10-20(2,19(26)22-27)30(3,28)29/h4-9,12,27H,10-11H2,1-3H3,(H,22,26). The molecular weight excluding hydrogens is 408 g/mol. The summed E-state index contributed by atoms with van der Waals surface area (Å²) in [7, 11) is -3.88. The van der Waals surface area contributed by atoms with Crippen LogP contribution in [0.1, 0.15) is 18.9 Å². The average Bonchev–Trinajstić information content (AvgIpc) is 2.72. The number of aryl methyl sites for hydroxylation is 2. The van der Waals surface area contributed by atoms with Gasteiger partial charge in [0, 0.05) is 12.8 Å². The number of sulfone groups is 1. The number of fused-ring (bicyclic) bond motifs is 1. The number of hydrogen-bond acceptors (Lipinski definition) is 7. The molecule has 1 amide bonds. The molecule has 3 aromatic rings. The molecule has 1 unspecified atom stereocenters. The van der Waals surface area contributed by atoms with E-state index in [0.29, 0.717) is 10.9 Å². The lowest BCUT2D eigenvalue weighted by Gasteiger charge is -2.24. The summed E-state index contributed by atoms with van der Waals surface area (Å²) in [6.45, 7) is 3.01. The Morgan fingerprint density at radius 2 is 1.80 bits per heavy atom. The Morgan fingerprint density at radius 3 is 2.40 bits per heavy atom. The molecule has 1 aromatic heterocycles. The van der Waals surface area contributed by atoms with Crippen LogP contribution in [-0.2, 0) is 21.2 Å². The highest BCUT2D eigenvalue weighted by Gasteiger charge is 2.43. The van der Waals surface area contributed by atoms with Crippen LogP contribution in [0.2, 0.25) is 0 Å². The number of nitrogens with one attached hydrogen (secondary N) is 1. The predicted octanol–water partition coefficient (Wildman–Crippen LogP) is 1.47. The van der Waals surface area contributed by atoms with Crippen LogP contribution in [-0.4, -0.2) is 45.5 Å². The third-order valence-electron chi connectivity index (χ3n) is 5.31. The van der Waals surface area contributed by atoms with Gasteiger partial charge in [-0.1, -0.05) is 41.1 Å². The zero-order valence-electron chi connectivity index (χ0n) is 16.8. The zero-order chi connectivity index (χ0) is 22.1. The molecule has 0 aliphatic heterocycles. The number of carbonyl (C=O) groups excluding carboxylic acids is 1. The van der Waals surface area contributed by atoms with Crippen molar-refractivity contribution in [1.82, 2.24) is 20.5 Å². The summed E-state index contributed by atoms with van der Waals surface area (Å²) in [4.78, 5) is 24.7. The molecule has 0 radical (unpaired) electrons. The van der Waals surface area contributed by atoms with Crippen molar-refractivity contribution in [2.75, 3.05) is 6.26 Å². The van der Waals surface area contributed by atoms with Crippen molar-refractivity contribution < 1.29 is 18.4 Å². The lowest BCUT2D eigenvalue weighted by atomic mass is 10.0. The van der Waals surface area contributed by atoms with Crippen LogP contribution in [0.15, 0.2) is 47.3 Å². The van der Waals surface area contributed by atoms with E-state index in [9.17, 15) is 18.0 Å². The number of nitrogens with zero attached hydrogens (tertiary/aromatic N) is 3. The van der Waals surface area contributed by atoms with E-state index in [0.717, 1.165) is 27.6 Å². The van der Waals surface area contributed by atoms with E-state index in [4.69, 9.17) is 5.21 Å². The lowest BCUT2D eigenvalue weighted by Crippen LogP contribution is -2.50. The van der Waals surface area contributed by atoms with Gasteiger partial charge in [0.15, 0.2) is 14.6 Å². The molecule has 3 rings (SSSR count). The fraction of sp³-hybridized carbons (Fsp3) is 0.300. The topological polar surface area (TPSA) is 131 Å². The SMILES string of the molecule is Cc1ccc(-c2ccc3c(=O)n(CCC(C)(C(=O)NO)S(C)(=O)=O)nnc3c2)cc1. The van der Waals surface area contributed by atoms with E-state index >= 15 is 0 Å². The molecule has 0 saturated carbocycles. The van der Waals surface area contributed by atoms with E-state index in [2.05, 4.69) is 10.3 Å². The summed E-state index contributed by atoms with van der Waals surface area (Å²) in [6.07, 6.45) is 0.628. The molecule has 2 aromatic carbocycles. The Morgan fingerprint density at radius 1 is 1.17 bits per heavy atom. The van der Waals surface area contributed by atoms with Crippen molar-refractivity contribution in [2.24, 2.45) is 0 Å². The summed E-state index contributed by atoms with van der Waals surface area (Å²) in [5.74, 6) is -1.07. The van der Waals surface area contributed by atoms with Gasteiger partial charge in [0.25, 0.3) is 11.5 Å². The third kappa shape index (κ3) is 3.96. The first-order valence-corrected chi connectivity index (χ1v) is 11.0. The van der Waals surface area contributed by atoms with Crippen molar-refractivity contribution >= 4 is 26.6 Å². The van der Waals surface area contributed by atoms with E-state index in [1.165, 1.54) is 12.4 Å². The van der Waals surface area contributed by atoms with Crippen LogP contribution in [0.25, 0.3) is 22.0 Å². The number of rotatable bonds is 6. The molecule has 158 valence electrons. The predicted molar refractivity (Wildman–Crippen MR) is 112 cm³/mol. The summed E-state index contributed by atoms with van der Waals surface area (Å²) in [5.41, 5.74) is 4.34. The van der Waals surface area contributed by atoms with Gasteiger partial charge in [-0.15, -0.1) is 5.10 Å². The summed E-state index contributed by atoms with van der Waals surface area (Å²) in [6, 6.07) is 13.1. The van der Waals surface area contributed by atoms with Gasteiger partial charge >= 0.3 is 0 Å². The van der Waals surface area contributed by atoms with Crippen molar-refractivity contribution in [2.45, 2.75) is 31.6 Å². The first-order chi connectivity index (χ1) is 14.1. The number of amides is 1. The number of benzene rings is 2. The van der Waals surface area contributed by atoms with Gasteiger partial charge in [0.1, 0.15) is 5.52 Å². The Labute approximate surface area is 173 Å². The quantitative estimate of drug-likeness (QED) is 0.447. The highest BCUT2D eigenvalue weighted by molar-refractivity contribution is 7.92. The molecule has 0 spiro atoms. The van der Waals surface area contributed by atoms with Crippen LogP contribution < -0.4 is 11.0 Å². The van der Waals surface area contributed by atoms with Gasteiger partial charge in [-0.25, -0.2) is 18.6 Å². The Bertz CT molecular complexity index is 1270. The van der Waals surface area contributed by atoms with Gasteiger partial charge in [-0.2, -0.15) is 0 Å². The maximum Gasteiger partial charge on any atom is 0.277 e. The van der Waals surface area contributed by atoms with Crippen molar-refractivity contribution in [3.05, 3.63) is 58.4 Å². The summed E-state index contributed by atoms with van der Waals surface area (Å²) >= 11 is 0. The van der Waals surface area contributed by atoms with Gasteiger partial charge in [-0.05, 0) is 43.5 Å². The highest BCUT2D eigenvalue weighted by Crippen LogP contribution is 2.23. The van der Waals surface area contributed by atoms with Crippen molar-refractivity contribution in [3.8, 4) is 11.1 Å². The minimum atomic E-state index is -3.88. The first-order valence-electron chi connectivity index (χ1n) is 9.15. The molecule has 0 saturated heterocycles. The second-order valence-electron chi connectivity index (χ2n) is 7.41. The van der Waals surface area contributed by atoms with Crippen LogP contribution in [0.5, 0.6) is 0 Å². The van der Waals surface area contributed by atoms with Gasteiger partial charge in [0.05, 0.1) is 5.39 Å². The molecule has 9 nitrogen and oxygen atoms in total. The molecule has 0 bridgehead atoms. The Balaban J connectivity index is 1.94. The zero-order valence-corrected chi connectivity index (χ0v) is 17.6. The molecule has 0 fully saturated rings. The van der Waals surface area contributed by atoms with Crippen molar-refractivity contribution in [1.29, 1.82) is 0 Å². The van der Waals surface area contributed by atoms with Gasteiger partial charge < -0.3 is 0 Å². The fourth-order valence-corrected chi connectivity index (χ4v) is 3.90. The highest BCUT2D eigenvalue weighted by atomic mass is 32.2. The molecule has 10 heteroatoms. The lowest BCUT2D eigenvalue weighted by molar-refractivity contribution is -0.131. The summed E-state index contributed by atoms with van der Waals surface area (Å²) < 4.78 is 23.2. The second-order valence-corrected chi connectivity index (χ2v) is 9.86. The minimum absolute atomic E-state index is 0.168. The molecule has 1 heterocycles.